The smallest absolute Gasteiger partial charge is 0.322 e. The number of nitrogens with one attached hydrogen (secondary N) is 3. The first kappa shape index (κ1) is 41.2. The highest BCUT2D eigenvalue weighted by Gasteiger charge is 2.40. The molecule has 0 saturated carbocycles. The number of likely N-dealkylation sites (tertiary alicyclic amines) is 2. The van der Waals surface area contributed by atoms with E-state index in [1.54, 1.807) is 17.2 Å². The van der Waals surface area contributed by atoms with Crippen LogP contribution in [0.2, 0.25) is 0 Å². The molecule has 0 radical (unpaired) electrons. The number of fused-ring (bicyclic) bond motifs is 2. The Morgan fingerprint density at radius 2 is 1.82 bits per heavy atom. The fourth-order valence-corrected chi connectivity index (χ4v) is 8.70. The molecule has 4 aliphatic rings. The molecule has 318 valence electrons. The SMILES string of the molecule is CC(C)c1cnn2c(NCc3c(F)cc(NC(=O)CCN4CC(CCCc5cccc6c5CN(C5CCC(=O)NC5=O)C6=O)C4)cc3F)nc(OC3CCN(C)CC3)nc12. The molecular weight excluding hydrogens is 775 g/mol. The maximum Gasteiger partial charge on any atom is 0.322 e. The van der Waals surface area contributed by atoms with Gasteiger partial charge in [0.05, 0.1) is 6.20 Å². The number of benzene rings is 2. The number of hydrogen-bond donors (Lipinski definition) is 3. The zero-order chi connectivity index (χ0) is 42.1. The fourth-order valence-electron chi connectivity index (χ4n) is 8.70. The maximum absolute atomic E-state index is 15.4. The van der Waals surface area contributed by atoms with E-state index in [0.717, 1.165) is 87.1 Å². The van der Waals surface area contributed by atoms with Crippen LogP contribution in [-0.4, -0.2) is 110 Å². The van der Waals surface area contributed by atoms with Crippen molar-refractivity contribution < 1.29 is 32.7 Å². The first-order valence-corrected chi connectivity index (χ1v) is 21.0. The Morgan fingerprint density at radius 1 is 1.05 bits per heavy atom. The van der Waals surface area contributed by atoms with E-state index in [1.165, 1.54) is 4.52 Å². The molecule has 3 fully saturated rings. The summed E-state index contributed by atoms with van der Waals surface area (Å²) in [7, 11) is 2.07. The van der Waals surface area contributed by atoms with Crippen molar-refractivity contribution in [3.63, 3.8) is 0 Å². The van der Waals surface area contributed by atoms with Gasteiger partial charge >= 0.3 is 6.01 Å². The molecule has 3 saturated heterocycles. The lowest BCUT2D eigenvalue weighted by atomic mass is 9.91. The number of hydrogen-bond acceptors (Lipinski definition) is 11. The third kappa shape index (κ3) is 8.96. The lowest BCUT2D eigenvalue weighted by molar-refractivity contribution is -0.137. The van der Waals surface area contributed by atoms with Crippen LogP contribution in [0.4, 0.5) is 20.4 Å². The Labute approximate surface area is 347 Å². The summed E-state index contributed by atoms with van der Waals surface area (Å²) in [4.78, 5) is 65.3. The predicted molar refractivity (Wildman–Crippen MR) is 218 cm³/mol. The third-order valence-corrected chi connectivity index (χ3v) is 12.2. The predicted octanol–water partition coefficient (Wildman–Crippen LogP) is 4.66. The molecule has 60 heavy (non-hydrogen) atoms. The number of aromatic nitrogens is 4. The van der Waals surface area contributed by atoms with Gasteiger partial charge in [0.2, 0.25) is 23.7 Å². The van der Waals surface area contributed by atoms with Gasteiger partial charge in [0.25, 0.3) is 5.91 Å². The Balaban J connectivity index is 0.789. The molecule has 4 aliphatic heterocycles. The van der Waals surface area contributed by atoms with Crippen molar-refractivity contribution in [2.75, 3.05) is 50.4 Å². The summed E-state index contributed by atoms with van der Waals surface area (Å²) < 4.78 is 38.4. The zero-order valence-corrected chi connectivity index (χ0v) is 34.3. The summed E-state index contributed by atoms with van der Waals surface area (Å²) in [5, 5.41) is 12.5. The minimum atomic E-state index is -0.807. The number of piperidine rings is 2. The van der Waals surface area contributed by atoms with Gasteiger partial charge in [-0.3, -0.25) is 24.5 Å². The molecule has 2 aromatic heterocycles. The van der Waals surface area contributed by atoms with E-state index < -0.39 is 23.6 Å². The Kier molecular flexibility index (Phi) is 12.1. The molecule has 2 aromatic carbocycles. The molecule has 17 heteroatoms. The number of carbonyl (C=O) groups is 4. The van der Waals surface area contributed by atoms with Gasteiger partial charge in [-0.15, -0.1) is 0 Å². The van der Waals surface area contributed by atoms with Crippen LogP contribution < -0.4 is 20.7 Å². The summed E-state index contributed by atoms with van der Waals surface area (Å²) in [6.45, 7) is 8.25. The minimum absolute atomic E-state index is 0.0415. The number of imide groups is 1. The van der Waals surface area contributed by atoms with Crippen LogP contribution >= 0.6 is 0 Å². The van der Waals surface area contributed by atoms with Crippen LogP contribution in [0.3, 0.4) is 0 Å². The van der Waals surface area contributed by atoms with E-state index in [9.17, 15) is 19.2 Å². The number of ether oxygens (including phenoxy) is 1. The normalized spacial score (nSPS) is 19.2. The first-order valence-electron chi connectivity index (χ1n) is 21.0. The van der Waals surface area contributed by atoms with Gasteiger partial charge in [0.1, 0.15) is 23.8 Å². The largest absolute Gasteiger partial charge is 0.460 e. The second kappa shape index (κ2) is 17.6. The molecule has 4 aromatic rings. The Bertz CT molecular complexity index is 2260. The number of aryl methyl sites for hydroxylation is 1. The van der Waals surface area contributed by atoms with Gasteiger partial charge in [-0.05, 0) is 86.7 Å². The molecule has 0 aliphatic carbocycles. The van der Waals surface area contributed by atoms with E-state index in [4.69, 9.17) is 4.74 Å². The van der Waals surface area contributed by atoms with E-state index in [1.807, 2.05) is 26.0 Å². The number of carbonyl (C=O) groups excluding carboxylic acids is 4. The lowest BCUT2D eigenvalue weighted by Crippen LogP contribution is -2.52. The molecule has 1 unspecified atom stereocenters. The number of halogens is 2. The van der Waals surface area contributed by atoms with Crippen LogP contribution in [0.1, 0.15) is 97.3 Å². The van der Waals surface area contributed by atoms with Gasteiger partial charge in [-0.25, -0.2) is 8.78 Å². The van der Waals surface area contributed by atoms with Crippen molar-refractivity contribution in [1.29, 1.82) is 0 Å². The van der Waals surface area contributed by atoms with Crippen LogP contribution in [0.25, 0.3) is 5.65 Å². The minimum Gasteiger partial charge on any atom is -0.460 e. The van der Waals surface area contributed by atoms with Crippen LogP contribution in [0, 0.1) is 17.6 Å². The lowest BCUT2D eigenvalue weighted by Gasteiger charge is -2.39. The van der Waals surface area contributed by atoms with Crippen molar-refractivity contribution in [3.8, 4) is 6.01 Å². The number of amides is 4. The number of rotatable bonds is 15. The molecule has 15 nitrogen and oxygen atoms in total. The highest BCUT2D eigenvalue weighted by atomic mass is 19.1. The van der Waals surface area contributed by atoms with Gasteiger partial charge in [0.15, 0.2) is 5.65 Å². The second-order valence-corrected chi connectivity index (χ2v) is 16.9. The average molecular weight is 827 g/mol. The molecular formula is C43H52F2N10O5. The molecule has 8 rings (SSSR count). The molecule has 6 heterocycles. The highest BCUT2D eigenvalue weighted by molar-refractivity contribution is 6.05. The van der Waals surface area contributed by atoms with Crippen molar-refractivity contribution in [1.82, 2.24) is 39.6 Å². The molecule has 0 spiro atoms. The summed E-state index contributed by atoms with van der Waals surface area (Å²) in [5.74, 6) is -1.98. The summed E-state index contributed by atoms with van der Waals surface area (Å²) in [6, 6.07) is 7.52. The molecule has 3 N–H and O–H groups in total. The Hall–Kier alpha value is -5.55. The average Bonchev–Trinajstić information content (AvgIpc) is 3.77. The van der Waals surface area contributed by atoms with E-state index in [-0.39, 0.29) is 72.3 Å². The van der Waals surface area contributed by atoms with Gasteiger partial charge < -0.3 is 30.1 Å². The standard InChI is InChI=1S/C43H52F2N10O5/c1-25(2)31-21-47-55-39(31)50-43(60-29-12-15-52(3)16-13-29)51-42(55)46-20-32-34(44)18-28(19-35(32)45)48-38(57)14-17-53-22-26(23-53)6-4-7-27-8-5-9-30-33(27)24-54(41(30)59)36-10-11-37(56)49-40(36)58/h5,8-9,18-19,21,25-26,29,36H,4,6-7,10-17,20,22-24H2,1-3H3,(H,48,57)(H,46,50,51)(H,49,56,58). The summed E-state index contributed by atoms with van der Waals surface area (Å²) in [6.07, 6.45) is 6.82. The van der Waals surface area contributed by atoms with E-state index in [0.29, 0.717) is 36.6 Å². The van der Waals surface area contributed by atoms with Crippen LogP contribution in [0.5, 0.6) is 6.01 Å². The van der Waals surface area contributed by atoms with Crippen molar-refractivity contribution in [2.24, 2.45) is 5.92 Å². The third-order valence-electron chi connectivity index (χ3n) is 12.2. The zero-order valence-electron chi connectivity index (χ0n) is 34.3. The van der Waals surface area contributed by atoms with Gasteiger partial charge in [0, 0.05) is 81.0 Å². The highest BCUT2D eigenvalue weighted by Crippen LogP contribution is 2.32. The van der Waals surface area contributed by atoms with E-state index >= 15 is 8.78 Å². The maximum atomic E-state index is 15.4. The van der Waals surface area contributed by atoms with Crippen molar-refractivity contribution >= 4 is 40.9 Å². The van der Waals surface area contributed by atoms with Crippen LogP contribution in [-0.2, 0) is 33.9 Å². The molecule has 0 bridgehead atoms. The topological polar surface area (TPSA) is 166 Å². The van der Waals surface area contributed by atoms with Gasteiger partial charge in [-0.2, -0.15) is 19.6 Å². The van der Waals surface area contributed by atoms with Crippen LogP contribution in [0.15, 0.2) is 36.5 Å². The molecule has 1 atom stereocenters. The van der Waals surface area contributed by atoms with Crippen molar-refractivity contribution in [3.05, 3.63) is 76.0 Å². The number of nitrogens with zero attached hydrogens (tertiary/aromatic N) is 7. The van der Waals surface area contributed by atoms with Gasteiger partial charge in [-0.1, -0.05) is 26.0 Å². The monoisotopic (exact) mass is 826 g/mol. The molecule has 4 amide bonds. The number of anilines is 2. The van der Waals surface area contributed by atoms with E-state index in [2.05, 4.69) is 47.9 Å². The quantitative estimate of drug-likeness (QED) is 0.143. The fraction of sp³-hybridized carbons (Fsp3) is 0.512. The van der Waals surface area contributed by atoms with Crippen molar-refractivity contribution in [2.45, 2.75) is 96.4 Å². The Morgan fingerprint density at radius 3 is 2.55 bits per heavy atom. The summed E-state index contributed by atoms with van der Waals surface area (Å²) >= 11 is 0. The first-order chi connectivity index (χ1) is 28.9. The summed E-state index contributed by atoms with van der Waals surface area (Å²) in [5.41, 5.74) is 3.98. The second-order valence-electron chi connectivity index (χ2n) is 16.9.